The van der Waals surface area contributed by atoms with Crippen LogP contribution in [0.3, 0.4) is 0 Å². The van der Waals surface area contributed by atoms with Crippen LogP contribution in [0.5, 0.6) is 0 Å². The molecule has 0 rings (SSSR count). The number of unbranched alkanes of at least 4 members (excludes halogenated alkanes) is 1. The third-order valence-electron chi connectivity index (χ3n) is 1.69. The maximum Gasteiger partial charge on any atom is 0.313 e. The van der Waals surface area contributed by atoms with Gasteiger partial charge >= 0.3 is 5.97 Å². The molecule has 0 aliphatic carbocycles. The molecule has 100 valence electrons. The fraction of sp³-hybridized carbons (Fsp3) is 0.833. The van der Waals surface area contributed by atoms with Crippen LogP contribution in [-0.4, -0.2) is 30.1 Å². The Morgan fingerprint density at radius 3 is 2.00 bits per heavy atom. The molecule has 1 N–H and O–H groups in total. The maximum absolute atomic E-state index is 10.8. The van der Waals surface area contributed by atoms with Gasteiger partial charge in [-0.3, -0.25) is 9.59 Å². The minimum absolute atomic E-state index is 0. The molecule has 0 aromatic heterocycles. The summed E-state index contributed by atoms with van der Waals surface area (Å²) in [6.07, 6.45) is 3.23. The van der Waals surface area contributed by atoms with Gasteiger partial charge in [0.2, 0.25) is 0 Å². The molecule has 0 spiro atoms. The van der Waals surface area contributed by atoms with E-state index in [0.717, 1.165) is 19.3 Å². The Morgan fingerprint density at radius 2 is 1.71 bits per heavy atom. The first-order valence-corrected chi connectivity index (χ1v) is 5.90. The summed E-state index contributed by atoms with van der Waals surface area (Å²) in [5, 5.41) is 8.07. The molecular weight excluding hydrogens is 299 g/mol. The van der Waals surface area contributed by atoms with Gasteiger partial charge in [0.25, 0.3) is 0 Å². The number of aliphatic hydroxyl groups is 1. The van der Waals surface area contributed by atoms with E-state index in [-0.39, 0.29) is 38.4 Å². The van der Waals surface area contributed by atoms with Crippen LogP contribution in [0.1, 0.15) is 52.9 Å². The molecule has 0 aliphatic rings. The largest absolute Gasteiger partial charge is 0.466 e. The fourth-order valence-corrected chi connectivity index (χ4v) is 0.898. The van der Waals surface area contributed by atoms with Gasteiger partial charge in [0, 0.05) is 39.2 Å². The summed E-state index contributed by atoms with van der Waals surface area (Å²) in [6, 6.07) is 0. The second kappa shape index (κ2) is 18.4. The van der Waals surface area contributed by atoms with Crippen LogP contribution in [0.4, 0.5) is 0 Å². The average Bonchev–Trinajstić information content (AvgIpc) is 2.20. The van der Waals surface area contributed by atoms with Crippen molar-refractivity contribution in [1.29, 1.82) is 0 Å². The molecule has 4 nitrogen and oxygen atoms in total. The molecule has 0 saturated carbocycles. The average molecular weight is 324 g/mol. The van der Waals surface area contributed by atoms with Gasteiger partial charge in [0.05, 0.1) is 6.61 Å². The molecule has 5 heteroatoms. The number of carbonyl (C=O) groups excluding carboxylic acids is 2. The maximum atomic E-state index is 10.8. The number of ketones is 1. The molecule has 0 saturated heterocycles. The van der Waals surface area contributed by atoms with Gasteiger partial charge in [0.15, 0.2) is 0 Å². The van der Waals surface area contributed by atoms with E-state index in [9.17, 15) is 9.59 Å². The van der Waals surface area contributed by atoms with E-state index >= 15 is 0 Å². The summed E-state index contributed by atoms with van der Waals surface area (Å²) in [7, 11) is 0. The second-order valence-corrected chi connectivity index (χ2v) is 3.35. The van der Waals surface area contributed by atoms with Crippen molar-refractivity contribution in [3.8, 4) is 0 Å². The number of ether oxygens (including phenoxy) is 1. The number of Topliss-reactive ketones (excluding diaryl/α,β-unsaturated/α-hetero) is 1. The topological polar surface area (TPSA) is 63.6 Å². The number of esters is 1. The first-order valence-electron chi connectivity index (χ1n) is 5.90. The molecule has 0 aromatic carbocycles. The van der Waals surface area contributed by atoms with E-state index in [1.807, 2.05) is 6.92 Å². The van der Waals surface area contributed by atoms with Gasteiger partial charge in [-0.15, -0.1) is 0 Å². The van der Waals surface area contributed by atoms with Crippen molar-refractivity contribution in [3.63, 3.8) is 0 Å². The van der Waals surface area contributed by atoms with Crippen molar-refractivity contribution in [2.45, 2.75) is 52.9 Å². The fourth-order valence-electron chi connectivity index (χ4n) is 0.898. The first-order chi connectivity index (χ1) is 7.62. The van der Waals surface area contributed by atoms with Gasteiger partial charge in [0.1, 0.15) is 12.2 Å². The molecule has 0 aromatic rings. The van der Waals surface area contributed by atoms with Crippen molar-refractivity contribution in [1.82, 2.24) is 0 Å². The molecule has 17 heavy (non-hydrogen) atoms. The number of rotatable bonds is 7. The SMILES string of the molecule is CCCC(=O)CC(=O)OCC.CCCCO.[Zr]. The Morgan fingerprint density at radius 1 is 1.12 bits per heavy atom. The zero-order valence-electron chi connectivity index (χ0n) is 11.1. The summed E-state index contributed by atoms with van der Waals surface area (Å²) in [5.41, 5.74) is 0. The summed E-state index contributed by atoms with van der Waals surface area (Å²) in [4.78, 5) is 21.5. The summed E-state index contributed by atoms with van der Waals surface area (Å²) < 4.78 is 4.60. The summed E-state index contributed by atoms with van der Waals surface area (Å²) in [6.45, 7) is 6.37. The van der Waals surface area contributed by atoms with E-state index in [1.54, 1.807) is 6.92 Å². The van der Waals surface area contributed by atoms with Crippen LogP contribution >= 0.6 is 0 Å². The van der Waals surface area contributed by atoms with Crippen molar-refractivity contribution < 1.29 is 45.6 Å². The molecule has 0 atom stereocenters. The second-order valence-electron chi connectivity index (χ2n) is 3.35. The normalized spacial score (nSPS) is 8.47. The van der Waals surface area contributed by atoms with E-state index in [4.69, 9.17) is 5.11 Å². The Kier molecular flexibility index (Phi) is 24.0. The Labute approximate surface area is 123 Å². The van der Waals surface area contributed by atoms with Gasteiger partial charge in [-0.05, 0) is 19.8 Å². The molecule has 0 fully saturated rings. The van der Waals surface area contributed by atoms with E-state index < -0.39 is 5.97 Å². The predicted octanol–water partition coefficient (Wildman–Crippen LogP) is 2.09. The van der Waals surface area contributed by atoms with Crippen LogP contribution in [-0.2, 0) is 40.5 Å². The third-order valence-corrected chi connectivity index (χ3v) is 1.69. The van der Waals surface area contributed by atoms with Crippen LogP contribution in [0.15, 0.2) is 0 Å². The van der Waals surface area contributed by atoms with Crippen molar-refractivity contribution >= 4 is 11.8 Å². The molecule has 0 unspecified atom stereocenters. The van der Waals surface area contributed by atoms with Crippen molar-refractivity contribution in [3.05, 3.63) is 0 Å². The van der Waals surface area contributed by atoms with E-state index in [1.165, 1.54) is 0 Å². The molecule has 0 amide bonds. The monoisotopic (exact) mass is 322 g/mol. The molecule has 0 bridgehead atoms. The van der Waals surface area contributed by atoms with Gasteiger partial charge < -0.3 is 9.84 Å². The number of hydrogen-bond donors (Lipinski definition) is 1. The molecule has 0 radical (unpaired) electrons. The predicted molar refractivity (Wildman–Crippen MR) is 63.2 cm³/mol. The van der Waals surface area contributed by atoms with Crippen LogP contribution in [0, 0.1) is 0 Å². The number of carbonyl (C=O) groups is 2. The van der Waals surface area contributed by atoms with E-state index in [2.05, 4.69) is 11.7 Å². The molecule has 0 heterocycles. The zero-order chi connectivity index (χ0) is 12.8. The Balaban J connectivity index is -0.000000280. The van der Waals surface area contributed by atoms with Gasteiger partial charge in [-0.2, -0.15) is 0 Å². The molecular formula is C12H24O4Zr. The first kappa shape index (κ1) is 22.2. The van der Waals surface area contributed by atoms with Crippen LogP contribution in [0.25, 0.3) is 0 Å². The van der Waals surface area contributed by atoms with Crippen molar-refractivity contribution in [2.75, 3.05) is 13.2 Å². The summed E-state index contributed by atoms with van der Waals surface area (Å²) >= 11 is 0. The Bertz CT molecular complexity index is 165. The number of hydrogen-bond acceptors (Lipinski definition) is 4. The van der Waals surface area contributed by atoms with E-state index in [0.29, 0.717) is 19.6 Å². The van der Waals surface area contributed by atoms with Crippen LogP contribution < -0.4 is 0 Å². The van der Waals surface area contributed by atoms with Gasteiger partial charge in [-0.1, -0.05) is 20.3 Å². The van der Waals surface area contributed by atoms with Crippen molar-refractivity contribution in [2.24, 2.45) is 0 Å². The van der Waals surface area contributed by atoms with Crippen LogP contribution in [0.2, 0.25) is 0 Å². The minimum Gasteiger partial charge on any atom is -0.466 e. The molecule has 0 aliphatic heterocycles. The zero-order valence-corrected chi connectivity index (χ0v) is 13.6. The smallest absolute Gasteiger partial charge is 0.313 e. The standard InChI is InChI=1S/C8H14O3.C4H10O.Zr/c1-3-5-7(9)6-8(10)11-4-2;1-2-3-4-5;/h3-6H2,1-2H3;5H,2-4H2,1H3;. The minimum atomic E-state index is -0.411. The third kappa shape index (κ3) is 21.8. The quantitative estimate of drug-likeness (QED) is 0.575. The number of aliphatic hydroxyl groups excluding tert-OH is 1. The van der Waals surface area contributed by atoms with Gasteiger partial charge in [-0.25, -0.2) is 0 Å². The Hall–Kier alpha value is -0.0169. The summed E-state index contributed by atoms with van der Waals surface area (Å²) in [5.74, 6) is -0.447.